The van der Waals surface area contributed by atoms with Crippen molar-refractivity contribution in [2.24, 2.45) is 4.99 Å². The molecule has 1 fully saturated rings. The van der Waals surface area contributed by atoms with Gasteiger partial charge in [-0.3, -0.25) is 14.6 Å². The Morgan fingerprint density at radius 3 is 1.68 bits per heavy atom. The van der Waals surface area contributed by atoms with E-state index in [1.807, 2.05) is 18.2 Å². The van der Waals surface area contributed by atoms with Crippen LogP contribution in [0.15, 0.2) is 65.7 Å². The van der Waals surface area contributed by atoms with Crippen LogP contribution in [0.4, 0.5) is 17.1 Å². The minimum atomic E-state index is -0.826. The van der Waals surface area contributed by atoms with E-state index < -0.39 is 11.6 Å². The normalized spacial score (nSPS) is 21.1. The fourth-order valence-corrected chi connectivity index (χ4v) is 9.64. The molecule has 2 atom stereocenters. The second-order valence-electron chi connectivity index (χ2n) is 17.6. The molecule has 0 aromatic heterocycles. The van der Waals surface area contributed by atoms with Gasteiger partial charge in [0.25, 0.3) is 0 Å². The van der Waals surface area contributed by atoms with E-state index in [-0.39, 0.29) is 17.2 Å². The molecular formula is C50H66N4O2. The van der Waals surface area contributed by atoms with Gasteiger partial charge in [0.2, 0.25) is 0 Å². The summed E-state index contributed by atoms with van der Waals surface area (Å²) in [5.74, 6) is -1.04. The highest BCUT2D eigenvalue weighted by Gasteiger charge is 2.48. The topological polar surface area (TPSA) is 82.6 Å². The Kier molecular flexibility index (Phi) is 12.8. The third-order valence-corrected chi connectivity index (χ3v) is 12.8. The number of nitrogens with zero attached hydrogens (tertiary/aromatic N) is 1. The Labute approximate surface area is 335 Å². The van der Waals surface area contributed by atoms with Gasteiger partial charge in [-0.2, -0.15) is 0 Å². The van der Waals surface area contributed by atoms with E-state index in [4.69, 9.17) is 4.99 Å². The maximum atomic E-state index is 14.5. The lowest BCUT2D eigenvalue weighted by molar-refractivity contribution is -0.129. The van der Waals surface area contributed by atoms with Crippen molar-refractivity contribution < 1.29 is 9.59 Å². The molecule has 0 spiro atoms. The van der Waals surface area contributed by atoms with Crippen LogP contribution < -0.4 is 26.5 Å². The average molecular weight is 755 g/mol. The number of anilines is 3. The van der Waals surface area contributed by atoms with Gasteiger partial charge in [-0.25, -0.2) is 0 Å². The molecule has 298 valence electrons. The van der Waals surface area contributed by atoms with Gasteiger partial charge < -0.3 is 16.0 Å². The van der Waals surface area contributed by atoms with E-state index in [0.717, 1.165) is 75.2 Å². The van der Waals surface area contributed by atoms with Gasteiger partial charge in [-0.05, 0) is 68.0 Å². The Bertz CT molecular complexity index is 2160. The molecule has 1 aliphatic carbocycles. The number of hydrogen-bond acceptors (Lipinski definition) is 6. The predicted molar refractivity (Wildman–Crippen MR) is 236 cm³/mol. The molecule has 3 N–H and O–H groups in total. The molecule has 3 aliphatic rings. The highest BCUT2D eigenvalue weighted by molar-refractivity contribution is 6.59. The molecule has 6 heteroatoms. The molecule has 0 radical (unpaired) electrons. The molecule has 1 saturated carbocycles. The molecule has 4 aromatic carbocycles. The number of unbranched alkanes of at least 4 members (excludes halogenated alkanes) is 16. The zero-order valence-corrected chi connectivity index (χ0v) is 34.8. The summed E-state index contributed by atoms with van der Waals surface area (Å²) in [7, 11) is 0. The van der Waals surface area contributed by atoms with Crippen molar-refractivity contribution in [3.8, 4) is 0 Å². The van der Waals surface area contributed by atoms with Crippen molar-refractivity contribution in [3.63, 3.8) is 0 Å². The van der Waals surface area contributed by atoms with Crippen LogP contribution in [0.25, 0.3) is 27.1 Å². The maximum absolute atomic E-state index is 14.5. The second kappa shape index (κ2) is 17.9. The maximum Gasteiger partial charge on any atom is 0.182 e. The smallest absolute Gasteiger partial charge is 0.182 e. The van der Waals surface area contributed by atoms with Crippen LogP contribution in [0.5, 0.6) is 0 Å². The molecular weight excluding hydrogens is 689 g/mol. The van der Waals surface area contributed by atoms with Crippen molar-refractivity contribution in [2.45, 2.75) is 173 Å². The fourth-order valence-electron chi connectivity index (χ4n) is 9.64. The summed E-state index contributed by atoms with van der Waals surface area (Å²) in [4.78, 5) is 34.3. The van der Waals surface area contributed by atoms with Crippen LogP contribution in [-0.4, -0.2) is 22.9 Å². The molecule has 7 rings (SSSR count). The number of ketones is 2. The number of carbonyl (C=O) groups excluding carboxylic acids is 2. The fraction of sp³-hybridized carbons (Fsp3) is 0.540. The van der Waals surface area contributed by atoms with E-state index in [0.29, 0.717) is 10.8 Å². The summed E-state index contributed by atoms with van der Waals surface area (Å²) in [6.45, 7) is 8.92. The van der Waals surface area contributed by atoms with Gasteiger partial charge in [0.15, 0.2) is 11.6 Å². The first-order valence-electron chi connectivity index (χ1n) is 22.4. The molecule has 2 heterocycles. The van der Waals surface area contributed by atoms with Crippen LogP contribution in [0.2, 0.25) is 0 Å². The van der Waals surface area contributed by atoms with E-state index in [9.17, 15) is 9.59 Å². The van der Waals surface area contributed by atoms with Crippen LogP contribution in [0, 0.1) is 0 Å². The molecule has 6 nitrogen and oxygen atoms in total. The van der Waals surface area contributed by atoms with Gasteiger partial charge in [0.1, 0.15) is 17.2 Å². The Hall–Kier alpha value is -4.19. The van der Waals surface area contributed by atoms with Gasteiger partial charge in [0.05, 0.1) is 16.6 Å². The highest BCUT2D eigenvalue weighted by atomic mass is 16.2. The monoisotopic (exact) mass is 755 g/mol. The van der Waals surface area contributed by atoms with Gasteiger partial charge >= 0.3 is 0 Å². The molecule has 0 amide bonds. The van der Waals surface area contributed by atoms with E-state index >= 15 is 0 Å². The molecule has 56 heavy (non-hydrogen) atoms. The minimum Gasteiger partial charge on any atom is -0.363 e. The van der Waals surface area contributed by atoms with E-state index in [1.165, 1.54) is 103 Å². The number of Topliss-reactive ketones (excluding diaryl/α,β-unsaturated/α-hetero) is 2. The van der Waals surface area contributed by atoms with Gasteiger partial charge in [-0.1, -0.05) is 165 Å². The summed E-state index contributed by atoms with van der Waals surface area (Å²) < 4.78 is 0. The van der Waals surface area contributed by atoms with Crippen molar-refractivity contribution in [1.29, 1.82) is 0 Å². The number of carbonyl (C=O) groups is 2. The van der Waals surface area contributed by atoms with Crippen molar-refractivity contribution in [2.75, 3.05) is 16.0 Å². The molecule has 0 saturated heterocycles. The zero-order valence-electron chi connectivity index (χ0n) is 34.8. The molecule has 0 bridgehead atoms. The Morgan fingerprint density at radius 1 is 0.554 bits per heavy atom. The van der Waals surface area contributed by atoms with Gasteiger partial charge in [0, 0.05) is 27.4 Å². The van der Waals surface area contributed by atoms with Crippen LogP contribution in [0.1, 0.15) is 168 Å². The first-order valence-corrected chi connectivity index (χ1v) is 22.4. The number of hydrogen-bond donors (Lipinski definition) is 3. The lowest BCUT2D eigenvalue weighted by Crippen LogP contribution is -2.49. The van der Waals surface area contributed by atoms with Crippen molar-refractivity contribution >= 4 is 55.7 Å². The standard InChI is InChI=1S/C50H66N4O2/c1-5-7-9-11-13-15-17-19-21-33-49(3)51-39-27-23-25-35-29-31-37(45(53-49)41(35)39)43-47(55)44(48(43)56)38-32-30-36-26-24-28-40-42(36)46(38)54-50(4,52-40)34-22-20-18-16-14-12-10-8-6-2/h23-32,43,51-53H,5-22,33-34H2,1-4H3. The summed E-state index contributed by atoms with van der Waals surface area (Å²) in [5, 5.41) is 17.1. The van der Waals surface area contributed by atoms with Crippen molar-refractivity contribution in [3.05, 3.63) is 76.8 Å². The number of nitrogens with one attached hydrogen (secondary N) is 3. The van der Waals surface area contributed by atoms with Crippen LogP contribution in [0.3, 0.4) is 0 Å². The molecule has 4 aromatic rings. The molecule has 2 unspecified atom stereocenters. The third kappa shape index (κ3) is 8.55. The van der Waals surface area contributed by atoms with Crippen molar-refractivity contribution in [1.82, 2.24) is 0 Å². The summed E-state index contributed by atoms with van der Waals surface area (Å²) >= 11 is 0. The van der Waals surface area contributed by atoms with Gasteiger partial charge in [-0.15, -0.1) is 0 Å². The Balaban J connectivity index is 1.11. The lowest BCUT2D eigenvalue weighted by atomic mass is 9.70. The lowest BCUT2D eigenvalue weighted by Gasteiger charge is -2.41. The zero-order chi connectivity index (χ0) is 39.1. The number of rotatable bonds is 21. The SMILES string of the molecule is CCCCCCCCCCCC1(C)N=c2c(=C3C(=O)C(c4ccc5cccc6c5c4NC(C)(CCCCCCCCCCC)N6)C3=O)ccc3cccc(c23)N1. The van der Waals surface area contributed by atoms with Crippen LogP contribution >= 0.6 is 0 Å². The summed E-state index contributed by atoms with van der Waals surface area (Å²) in [6.07, 6.45) is 24.9. The minimum absolute atomic E-state index is 0.105. The summed E-state index contributed by atoms with van der Waals surface area (Å²) in [5.41, 5.74) is 3.19. The van der Waals surface area contributed by atoms with Crippen LogP contribution in [-0.2, 0) is 9.59 Å². The predicted octanol–water partition coefficient (Wildman–Crippen LogP) is 12.2. The van der Waals surface area contributed by atoms with E-state index in [1.54, 1.807) is 0 Å². The second-order valence-corrected chi connectivity index (χ2v) is 17.6. The average Bonchev–Trinajstić information content (AvgIpc) is 3.18. The first kappa shape index (κ1) is 40.0. The molecule has 2 aliphatic heterocycles. The quantitative estimate of drug-likeness (QED) is 0.0583. The first-order chi connectivity index (χ1) is 27.3. The highest BCUT2D eigenvalue weighted by Crippen LogP contribution is 2.47. The largest absolute Gasteiger partial charge is 0.363 e. The van der Waals surface area contributed by atoms with E-state index in [2.05, 4.69) is 86.1 Å². The summed E-state index contributed by atoms with van der Waals surface area (Å²) in [6, 6.07) is 20.7. The Morgan fingerprint density at radius 2 is 1.07 bits per heavy atom. The third-order valence-electron chi connectivity index (χ3n) is 12.8. The number of benzene rings is 4.